The molecular formula is C32H41N9O5. The molecule has 0 radical (unpaired) electrons. The molecule has 1 saturated heterocycles. The predicted molar refractivity (Wildman–Crippen MR) is 172 cm³/mol. The van der Waals surface area contributed by atoms with Crippen LogP contribution in [0, 0.1) is 17.2 Å². The Bertz CT molecular complexity index is 1610. The minimum atomic E-state index is -0.560. The van der Waals surface area contributed by atoms with E-state index in [-0.39, 0.29) is 30.8 Å². The number of likely N-dealkylation sites (N-methyl/N-ethyl adjacent to an activating group) is 1. The molecule has 14 heteroatoms. The zero-order valence-corrected chi connectivity index (χ0v) is 26.9. The molecule has 4 amide bonds. The van der Waals surface area contributed by atoms with Gasteiger partial charge >= 0.3 is 12.1 Å². The first-order chi connectivity index (χ1) is 21.9. The highest BCUT2D eigenvalue weighted by Gasteiger charge is 2.33. The van der Waals surface area contributed by atoms with E-state index >= 15 is 0 Å². The molecule has 0 spiro atoms. The number of amides is 4. The molecule has 2 aromatic heterocycles. The minimum Gasteiger partial charge on any atom is -0.444 e. The van der Waals surface area contributed by atoms with Gasteiger partial charge in [0.1, 0.15) is 24.2 Å². The lowest BCUT2D eigenvalue weighted by molar-refractivity contribution is -0.131. The second-order valence-corrected chi connectivity index (χ2v) is 12.3. The van der Waals surface area contributed by atoms with Gasteiger partial charge in [-0.3, -0.25) is 14.2 Å². The number of rotatable bonds is 9. The number of hydrogen-bond acceptors (Lipinski definition) is 9. The van der Waals surface area contributed by atoms with Crippen LogP contribution in [0.25, 0.3) is 11.0 Å². The SMILES string of the molecule is C[C@@H]1CCN(C(=O)CC#N)CC1N(C)c1ncnc2c1ccn2C(=O)NCC(=O)Nc1ccc(CCNC(=O)OC(C)(C)C)cc1. The second-order valence-electron chi connectivity index (χ2n) is 12.3. The fourth-order valence-corrected chi connectivity index (χ4v) is 5.32. The summed E-state index contributed by atoms with van der Waals surface area (Å²) in [6.45, 7) is 8.75. The summed E-state index contributed by atoms with van der Waals surface area (Å²) in [4.78, 5) is 62.3. The van der Waals surface area contributed by atoms with Crippen molar-refractivity contribution >= 4 is 46.5 Å². The number of aromatic nitrogens is 3. The maximum absolute atomic E-state index is 13.0. The molecule has 14 nitrogen and oxygen atoms in total. The Morgan fingerprint density at radius 1 is 1.11 bits per heavy atom. The van der Waals surface area contributed by atoms with Gasteiger partial charge in [0.05, 0.1) is 24.0 Å². The van der Waals surface area contributed by atoms with Gasteiger partial charge < -0.3 is 30.5 Å². The molecule has 1 aliphatic rings. The Hall–Kier alpha value is -5.19. The van der Waals surface area contributed by atoms with Gasteiger partial charge in [-0.15, -0.1) is 0 Å². The summed E-state index contributed by atoms with van der Waals surface area (Å²) in [5, 5.41) is 17.7. The number of anilines is 2. The zero-order chi connectivity index (χ0) is 33.4. The number of nitriles is 1. The number of ether oxygens (including phenoxy) is 1. The number of fused-ring (bicyclic) bond motifs is 1. The smallest absolute Gasteiger partial charge is 0.407 e. The van der Waals surface area contributed by atoms with Gasteiger partial charge in [0.2, 0.25) is 11.8 Å². The van der Waals surface area contributed by atoms with Crippen molar-refractivity contribution in [1.82, 2.24) is 30.1 Å². The number of nitrogens with one attached hydrogen (secondary N) is 3. The minimum absolute atomic E-state index is 0.0432. The van der Waals surface area contributed by atoms with E-state index in [0.29, 0.717) is 48.6 Å². The monoisotopic (exact) mass is 631 g/mol. The fourth-order valence-electron chi connectivity index (χ4n) is 5.32. The first-order valence-corrected chi connectivity index (χ1v) is 15.2. The summed E-state index contributed by atoms with van der Waals surface area (Å²) in [5.74, 6) is 0.294. The molecule has 4 rings (SSSR count). The van der Waals surface area contributed by atoms with Crippen molar-refractivity contribution in [3.05, 3.63) is 48.4 Å². The Morgan fingerprint density at radius 3 is 2.54 bits per heavy atom. The lowest BCUT2D eigenvalue weighted by atomic mass is 9.92. The van der Waals surface area contributed by atoms with Gasteiger partial charge in [0.25, 0.3) is 0 Å². The third-order valence-electron chi connectivity index (χ3n) is 7.73. The van der Waals surface area contributed by atoms with E-state index in [4.69, 9.17) is 10.00 Å². The third-order valence-corrected chi connectivity index (χ3v) is 7.73. The maximum atomic E-state index is 13.0. The van der Waals surface area contributed by atoms with Crippen LogP contribution in [0.3, 0.4) is 0 Å². The molecule has 3 heterocycles. The highest BCUT2D eigenvalue weighted by Crippen LogP contribution is 2.29. The van der Waals surface area contributed by atoms with Crippen LogP contribution in [0.15, 0.2) is 42.9 Å². The van der Waals surface area contributed by atoms with E-state index in [1.807, 2.05) is 30.1 Å². The van der Waals surface area contributed by atoms with Crippen molar-refractivity contribution in [2.45, 2.75) is 58.6 Å². The fraction of sp³-hybridized carbons (Fsp3) is 0.469. The van der Waals surface area contributed by atoms with Crippen LogP contribution in [-0.4, -0.2) is 88.2 Å². The number of alkyl carbamates (subject to hydrolysis) is 1. The van der Waals surface area contributed by atoms with Crippen molar-refractivity contribution in [1.29, 1.82) is 5.26 Å². The predicted octanol–water partition coefficient (Wildman–Crippen LogP) is 3.28. The zero-order valence-electron chi connectivity index (χ0n) is 26.9. The molecule has 1 aromatic carbocycles. The average Bonchev–Trinajstić information content (AvgIpc) is 3.44. The Balaban J connectivity index is 1.31. The standard InChI is InChI=1S/C32H41N9O5/c1-21-12-16-40(27(43)10-14-33)19-25(21)39(5)28-24-13-17-41(29(24)37-20-36-28)30(44)35-18-26(42)38-23-8-6-22(7-9-23)11-15-34-31(45)46-32(2,3)4/h6-9,13,17,20-21,25H,10-12,15-16,18-19H2,1-5H3,(H,34,45)(H,35,44)(H,38,42)/t21-,25?/m1/s1. The number of carbonyl (C=O) groups excluding carboxylic acids is 4. The van der Waals surface area contributed by atoms with E-state index < -0.39 is 23.6 Å². The van der Waals surface area contributed by atoms with Gasteiger partial charge in [-0.2, -0.15) is 5.26 Å². The van der Waals surface area contributed by atoms with Gasteiger partial charge in [0, 0.05) is 38.6 Å². The summed E-state index contributed by atoms with van der Waals surface area (Å²) < 4.78 is 6.55. The first-order valence-electron chi connectivity index (χ1n) is 15.2. The van der Waals surface area contributed by atoms with Crippen LogP contribution in [-0.2, 0) is 20.7 Å². The van der Waals surface area contributed by atoms with Crippen molar-refractivity contribution < 1.29 is 23.9 Å². The van der Waals surface area contributed by atoms with Crippen LogP contribution in [0.4, 0.5) is 21.1 Å². The number of hydrogen-bond donors (Lipinski definition) is 3. The average molecular weight is 632 g/mol. The molecule has 0 bridgehead atoms. The molecule has 1 fully saturated rings. The van der Waals surface area contributed by atoms with E-state index in [0.717, 1.165) is 12.0 Å². The number of benzene rings is 1. The van der Waals surface area contributed by atoms with Crippen LogP contribution in [0.2, 0.25) is 0 Å². The van der Waals surface area contributed by atoms with Gasteiger partial charge in [-0.05, 0) is 63.3 Å². The second kappa shape index (κ2) is 14.7. The van der Waals surface area contributed by atoms with Crippen LogP contribution < -0.4 is 20.9 Å². The number of likely N-dealkylation sites (tertiary alicyclic amines) is 1. The molecule has 3 N–H and O–H groups in total. The molecule has 0 aliphatic carbocycles. The first kappa shape index (κ1) is 33.7. The molecule has 1 unspecified atom stereocenters. The Labute approximate surface area is 268 Å². The Morgan fingerprint density at radius 2 is 1.85 bits per heavy atom. The molecule has 1 aliphatic heterocycles. The van der Waals surface area contributed by atoms with Crippen LogP contribution >= 0.6 is 0 Å². The van der Waals surface area contributed by atoms with Crippen molar-refractivity contribution in [3.63, 3.8) is 0 Å². The van der Waals surface area contributed by atoms with Crippen molar-refractivity contribution in [3.8, 4) is 6.07 Å². The topological polar surface area (TPSA) is 175 Å². The number of carbonyl (C=O) groups is 4. The highest BCUT2D eigenvalue weighted by molar-refractivity contribution is 5.98. The lowest BCUT2D eigenvalue weighted by Crippen LogP contribution is -2.52. The van der Waals surface area contributed by atoms with Crippen LogP contribution in [0.5, 0.6) is 0 Å². The molecule has 2 atom stereocenters. The van der Waals surface area contributed by atoms with E-state index in [1.165, 1.54) is 10.9 Å². The normalized spacial score (nSPS) is 16.3. The quantitative estimate of drug-likeness (QED) is 0.320. The largest absolute Gasteiger partial charge is 0.444 e. The molecule has 0 saturated carbocycles. The Kier molecular flexibility index (Phi) is 10.8. The van der Waals surface area contributed by atoms with Gasteiger partial charge in [-0.1, -0.05) is 19.1 Å². The number of nitrogens with zero attached hydrogens (tertiary/aromatic N) is 6. The summed E-state index contributed by atoms with van der Waals surface area (Å²) in [6.07, 6.45) is 3.72. The summed E-state index contributed by atoms with van der Waals surface area (Å²) >= 11 is 0. The summed E-state index contributed by atoms with van der Waals surface area (Å²) in [6, 6.07) is 10.3. The lowest BCUT2D eigenvalue weighted by Gasteiger charge is -2.42. The van der Waals surface area contributed by atoms with E-state index in [2.05, 4.69) is 32.8 Å². The highest BCUT2D eigenvalue weighted by atomic mass is 16.6. The molecule has 3 aromatic rings. The molecular weight excluding hydrogens is 590 g/mol. The van der Waals surface area contributed by atoms with Gasteiger partial charge in [0.15, 0.2) is 5.65 Å². The van der Waals surface area contributed by atoms with E-state index in [1.54, 1.807) is 50.1 Å². The third kappa shape index (κ3) is 8.71. The van der Waals surface area contributed by atoms with Crippen molar-refractivity contribution in [2.24, 2.45) is 5.92 Å². The number of piperidine rings is 1. The molecule has 46 heavy (non-hydrogen) atoms. The van der Waals surface area contributed by atoms with E-state index in [9.17, 15) is 19.2 Å². The van der Waals surface area contributed by atoms with Crippen molar-refractivity contribution in [2.75, 3.05) is 43.4 Å². The van der Waals surface area contributed by atoms with Gasteiger partial charge in [-0.25, -0.2) is 19.6 Å². The molecule has 244 valence electrons. The van der Waals surface area contributed by atoms with Crippen LogP contribution in [0.1, 0.15) is 46.1 Å². The summed E-state index contributed by atoms with van der Waals surface area (Å²) in [7, 11) is 1.90. The summed E-state index contributed by atoms with van der Waals surface area (Å²) in [5.41, 5.74) is 1.36. The maximum Gasteiger partial charge on any atom is 0.407 e.